The molecule has 0 fully saturated rings. The van der Waals surface area contributed by atoms with Crippen LogP contribution in [0.15, 0.2) is 23.0 Å². The number of hydroxylamine groups is 1. The second-order valence-corrected chi connectivity index (χ2v) is 1.45. The standard InChI is InChI=1S/C5H5NO3/c7-5(6-8)4-1-2-9-3-4/h1-3,8H,(H,6,7). The Kier molecular flexibility index (Phi) is 1.51. The Morgan fingerprint density at radius 3 is 3.00 bits per heavy atom. The Morgan fingerprint density at radius 1 is 1.78 bits per heavy atom. The molecule has 1 aromatic heterocycles. The number of rotatable bonds is 1. The van der Waals surface area contributed by atoms with E-state index >= 15 is 0 Å². The minimum atomic E-state index is -0.566. The summed E-state index contributed by atoms with van der Waals surface area (Å²) in [4.78, 5) is 10.5. The van der Waals surface area contributed by atoms with Gasteiger partial charge in [0.15, 0.2) is 0 Å². The Balaban J connectivity index is 2.77. The molecule has 48 valence electrons. The van der Waals surface area contributed by atoms with Crippen molar-refractivity contribution in [3.05, 3.63) is 24.2 Å². The predicted molar refractivity (Wildman–Crippen MR) is 28.0 cm³/mol. The van der Waals surface area contributed by atoms with Crippen molar-refractivity contribution in [3.8, 4) is 0 Å². The van der Waals surface area contributed by atoms with Crippen LogP contribution in [0.25, 0.3) is 0 Å². The lowest BCUT2D eigenvalue weighted by atomic mass is 10.3. The van der Waals surface area contributed by atoms with Crippen molar-refractivity contribution in [2.75, 3.05) is 0 Å². The molecule has 0 aliphatic rings. The van der Waals surface area contributed by atoms with Crippen molar-refractivity contribution in [1.82, 2.24) is 5.48 Å². The summed E-state index contributed by atoms with van der Waals surface area (Å²) in [5, 5.41) is 8.07. The van der Waals surface area contributed by atoms with Gasteiger partial charge in [-0.25, -0.2) is 5.48 Å². The van der Waals surface area contributed by atoms with Crippen molar-refractivity contribution < 1.29 is 14.4 Å². The fourth-order valence-corrected chi connectivity index (χ4v) is 0.458. The number of hydrogen-bond donors (Lipinski definition) is 2. The molecule has 0 aliphatic carbocycles. The van der Waals surface area contributed by atoms with Crippen LogP contribution in [0.1, 0.15) is 10.4 Å². The average molecular weight is 127 g/mol. The third-order valence-corrected chi connectivity index (χ3v) is 0.885. The van der Waals surface area contributed by atoms with E-state index in [0.29, 0.717) is 5.56 Å². The van der Waals surface area contributed by atoms with E-state index in [9.17, 15) is 4.79 Å². The molecule has 0 aliphatic heterocycles. The van der Waals surface area contributed by atoms with Gasteiger partial charge in [-0.15, -0.1) is 0 Å². The Hall–Kier alpha value is -1.29. The molecule has 2 N–H and O–H groups in total. The highest BCUT2D eigenvalue weighted by Gasteiger charge is 2.02. The third-order valence-electron chi connectivity index (χ3n) is 0.885. The van der Waals surface area contributed by atoms with Gasteiger partial charge in [-0.05, 0) is 6.07 Å². The molecule has 0 unspecified atom stereocenters. The van der Waals surface area contributed by atoms with Crippen LogP contribution in [0.5, 0.6) is 0 Å². The number of carbonyl (C=O) groups excluding carboxylic acids is 1. The van der Waals surface area contributed by atoms with E-state index < -0.39 is 5.91 Å². The van der Waals surface area contributed by atoms with Crippen LogP contribution in [0.2, 0.25) is 0 Å². The molecule has 0 spiro atoms. The molecule has 9 heavy (non-hydrogen) atoms. The minimum Gasteiger partial charge on any atom is -0.472 e. The minimum absolute atomic E-state index is 0.303. The fourth-order valence-electron chi connectivity index (χ4n) is 0.458. The molecule has 0 aromatic carbocycles. The molecular formula is C5H5NO3. The highest BCUT2D eigenvalue weighted by Crippen LogP contribution is 1.97. The first-order valence-corrected chi connectivity index (χ1v) is 2.31. The zero-order valence-corrected chi connectivity index (χ0v) is 4.50. The molecular weight excluding hydrogens is 122 g/mol. The first-order chi connectivity index (χ1) is 4.34. The van der Waals surface area contributed by atoms with Gasteiger partial charge in [0.25, 0.3) is 5.91 Å². The molecule has 1 amide bonds. The Labute approximate surface area is 51.1 Å². The number of furan rings is 1. The molecule has 4 nitrogen and oxygen atoms in total. The molecule has 1 heterocycles. The van der Waals surface area contributed by atoms with Gasteiger partial charge in [-0.3, -0.25) is 10.0 Å². The van der Waals surface area contributed by atoms with Gasteiger partial charge in [0.05, 0.1) is 11.8 Å². The average Bonchev–Trinajstić information content (AvgIpc) is 2.37. The van der Waals surface area contributed by atoms with Crippen LogP contribution in [0, 0.1) is 0 Å². The zero-order chi connectivity index (χ0) is 6.69. The molecule has 0 radical (unpaired) electrons. The van der Waals surface area contributed by atoms with E-state index in [-0.39, 0.29) is 0 Å². The first kappa shape index (κ1) is 5.84. The van der Waals surface area contributed by atoms with Crippen LogP contribution in [0.4, 0.5) is 0 Å². The monoisotopic (exact) mass is 127 g/mol. The van der Waals surface area contributed by atoms with Gasteiger partial charge >= 0.3 is 0 Å². The van der Waals surface area contributed by atoms with Crippen LogP contribution in [-0.2, 0) is 0 Å². The molecule has 4 heteroatoms. The number of hydrogen-bond acceptors (Lipinski definition) is 3. The maximum atomic E-state index is 10.5. The van der Waals surface area contributed by atoms with Gasteiger partial charge < -0.3 is 4.42 Å². The van der Waals surface area contributed by atoms with E-state index in [1.54, 1.807) is 0 Å². The van der Waals surface area contributed by atoms with Crippen molar-refractivity contribution in [2.24, 2.45) is 0 Å². The second-order valence-electron chi connectivity index (χ2n) is 1.45. The van der Waals surface area contributed by atoms with Gasteiger partial charge in [-0.1, -0.05) is 0 Å². The molecule has 1 aromatic rings. The van der Waals surface area contributed by atoms with Gasteiger partial charge in [0, 0.05) is 0 Å². The lowest BCUT2D eigenvalue weighted by Crippen LogP contribution is -2.17. The summed E-state index contributed by atoms with van der Waals surface area (Å²) in [6.45, 7) is 0. The van der Waals surface area contributed by atoms with E-state index in [1.165, 1.54) is 24.1 Å². The van der Waals surface area contributed by atoms with Crippen LogP contribution in [0.3, 0.4) is 0 Å². The summed E-state index contributed by atoms with van der Waals surface area (Å²) in [5.74, 6) is -0.566. The SMILES string of the molecule is O=C(NO)c1ccoc1. The van der Waals surface area contributed by atoms with Crippen molar-refractivity contribution in [3.63, 3.8) is 0 Å². The Bertz CT molecular complexity index is 192. The van der Waals surface area contributed by atoms with Crippen molar-refractivity contribution in [1.29, 1.82) is 0 Å². The van der Waals surface area contributed by atoms with Gasteiger partial charge in [0.1, 0.15) is 6.26 Å². The summed E-state index contributed by atoms with van der Waals surface area (Å²) in [6.07, 6.45) is 2.59. The lowest BCUT2D eigenvalue weighted by Gasteiger charge is -1.88. The number of nitrogens with one attached hydrogen (secondary N) is 1. The summed E-state index contributed by atoms with van der Waals surface area (Å²) in [5.41, 5.74) is 1.77. The predicted octanol–water partition coefficient (Wildman–Crippen LogP) is 0.399. The third kappa shape index (κ3) is 1.09. The normalized spacial score (nSPS) is 9.00. The van der Waals surface area contributed by atoms with Gasteiger partial charge in [0.2, 0.25) is 0 Å². The molecule has 0 atom stereocenters. The van der Waals surface area contributed by atoms with E-state index in [4.69, 9.17) is 5.21 Å². The second kappa shape index (κ2) is 2.32. The largest absolute Gasteiger partial charge is 0.472 e. The maximum Gasteiger partial charge on any atom is 0.277 e. The number of carbonyl (C=O) groups is 1. The molecule has 0 saturated carbocycles. The summed E-state index contributed by atoms with van der Waals surface area (Å²) < 4.78 is 4.57. The summed E-state index contributed by atoms with van der Waals surface area (Å²) >= 11 is 0. The van der Waals surface area contributed by atoms with Crippen molar-refractivity contribution in [2.45, 2.75) is 0 Å². The number of amides is 1. The summed E-state index contributed by atoms with van der Waals surface area (Å²) in [6, 6.07) is 1.45. The van der Waals surface area contributed by atoms with Crippen LogP contribution >= 0.6 is 0 Å². The van der Waals surface area contributed by atoms with E-state index in [2.05, 4.69) is 4.42 Å². The molecule has 0 saturated heterocycles. The fraction of sp³-hybridized carbons (Fsp3) is 0. The highest BCUT2D eigenvalue weighted by molar-refractivity contribution is 5.92. The smallest absolute Gasteiger partial charge is 0.277 e. The summed E-state index contributed by atoms with van der Waals surface area (Å²) in [7, 11) is 0. The quantitative estimate of drug-likeness (QED) is 0.424. The topological polar surface area (TPSA) is 62.5 Å². The zero-order valence-electron chi connectivity index (χ0n) is 4.50. The van der Waals surface area contributed by atoms with Crippen molar-refractivity contribution >= 4 is 5.91 Å². The lowest BCUT2D eigenvalue weighted by molar-refractivity contribution is 0.0705. The van der Waals surface area contributed by atoms with E-state index in [0.717, 1.165) is 0 Å². The Morgan fingerprint density at radius 2 is 2.56 bits per heavy atom. The highest BCUT2D eigenvalue weighted by atomic mass is 16.5. The van der Waals surface area contributed by atoms with E-state index in [1.807, 2.05) is 0 Å². The van der Waals surface area contributed by atoms with Crippen LogP contribution < -0.4 is 5.48 Å². The first-order valence-electron chi connectivity index (χ1n) is 2.31. The van der Waals surface area contributed by atoms with Crippen LogP contribution in [-0.4, -0.2) is 11.1 Å². The molecule has 1 rings (SSSR count). The van der Waals surface area contributed by atoms with Gasteiger partial charge in [-0.2, -0.15) is 0 Å². The molecule has 0 bridgehead atoms. The maximum absolute atomic E-state index is 10.5.